The van der Waals surface area contributed by atoms with Crippen molar-refractivity contribution in [2.24, 2.45) is 0 Å². The maximum atomic E-state index is 12.4. The van der Waals surface area contributed by atoms with E-state index >= 15 is 0 Å². The number of carbonyl (C=O) groups is 1. The molecule has 0 spiro atoms. The molecule has 1 aromatic heterocycles. The van der Waals surface area contributed by atoms with E-state index in [2.05, 4.69) is 10.2 Å². The minimum absolute atomic E-state index is 0.214. The molecule has 0 aliphatic carbocycles. The number of nitrogens with one attached hydrogen (secondary N) is 1. The third kappa shape index (κ3) is 2.24. The summed E-state index contributed by atoms with van der Waals surface area (Å²) < 4.78 is 5.23. The molecule has 2 aromatic rings. The van der Waals surface area contributed by atoms with Gasteiger partial charge in [-0.25, -0.2) is 0 Å². The molecule has 0 aliphatic heterocycles. The van der Waals surface area contributed by atoms with E-state index in [9.17, 15) is 4.79 Å². The van der Waals surface area contributed by atoms with Crippen molar-refractivity contribution in [1.82, 2.24) is 10.2 Å². The zero-order valence-corrected chi connectivity index (χ0v) is 11.1. The largest absolute Gasteiger partial charge is 0.495 e. The van der Waals surface area contributed by atoms with Crippen LogP contribution in [0.3, 0.4) is 0 Å². The van der Waals surface area contributed by atoms with Crippen LogP contribution in [-0.4, -0.2) is 30.3 Å². The van der Waals surface area contributed by atoms with Gasteiger partial charge >= 0.3 is 0 Å². The number of anilines is 2. The molecule has 0 bridgehead atoms. The van der Waals surface area contributed by atoms with Crippen LogP contribution in [0.4, 0.5) is 11.4 Å². The maximum absolute atomic E-state index is 12.4. The van der Waals surface area contributed by atoms with Gasteiger partial charge in [-0.05, 0) is 19.1 Å². The Balaban J connectivity index is 2.36. The summed E-state index contributed by atoms with van der Waals surface area (Å²) in [6.45, 7) is 1.77. The molecule has 0 saturated heterocycles. The SMILES string of the molecule is COc1ccccc1N(C)C(=O)c1n[nH]c(C)c1N. The monoisotopic (exact) mass is 260 g/mol. The summed E-state index contributed by atoms with van der Waals surface area (Å²) in [5, 5.41) is 6.63. The summed E-state index contributed by atoms with van der Waals surface area (Å²) in [5.41, 5.74) is 7.74. The number of para-hydroxylation sites is 2. The van der Waals surface area contributed by atoms with Gasteiger partial charge in [-0.2, -0.15) is 5.10 Å². The molecule has 1 aromatic carbocycles. The van der Waals surface area contributed by atoms with E-state index in [-0.39, 0.29) is 11.6 Å². The summed E-state index contributed by atoms with van der Waals surface area (Å²) in [7, 11) is 3.22. The highest BCUT2D eigenvalue weighted by Gasteiger charge is 2.22. The van der Waals surface area contributed by atoms with E-state index in [0.717, 1.165) is 0 Å². The van der Waals surface area contributed by atoms with Gasteiger partial charge in [-0.1, -0.05) is 12.1 Å². The fourth-order valence-corrected chi connectivity index (χ4v) is 1.78. The maximum Gasteiger partial charge on any atom is 0.280 e. The number of rotatable bonds is 3. The molecule has 100 valence electrons. The number of benzene rings is 1. The van der Waals surface area contributed by atoms with Crippen LogP contribution in [0.5, 0.6) is 5.75 Å². The third-order valence-corrected chi connectivity index (χ3v) is 2.95. The van der Waals surface area contributed by atoms with Crippen molar-refractivity contribution < 1.29 is 9.53 Å². The Morgan fingerprint density at radius 1 is 1.42 bits per heavy atom. The van der Waals surface area contributed by atoms with Gasteiger partial charge in [0.05, 0.1) is 24.2 Å². The molecule has 0 aliphatic rings. The Morgan fingerprint density at radius 2 is 2.11 bits per heavy atom. The predicted molar refractivity (Wildman–Crippen MR) is 73.5 cm³/mol. The highest BCUT2D eigenvalue weighted by molar-refractivity contribution is 6.08. The number of aromatic amines is 1. The second-order valence-electron chi connectivity index (χ2n) is 4.15. The van der Waals surface area contributed by atoms with Gasteiger partial charge in [-0.15, -0.1) is 0 Å². The topological polar surface area (TPSA) is 84.2 Å². The number of hydrogen-bond donors (Lipinski definition) is 2. The van der Waals surface area contributed by atoms with Crippen molar-refractivity contribution in [2.45, 2.75) is 6.92 Å². The first-order chi connectivity index (χ1) is 9.06. The van der Waals surface area contributed by atoms with E-state index in [1.54, 1.807) is 33.2 Å². The fourth-order valence-electron chi connectivity index (χ4n) is 1.78. The minimum Gasteiger partial charge on any atom is -0.495 e. The van der Waals surface area contributed by atoms with Gasteiger partial charge in [0.25, 0.3) is 5.91 Å². The first-order valence-corrected chi connectivity index (χ1v) is 5.77. The number of H-pyrrole nitrogens is 1. The lowest BCUT2D eigenvalue weighted by Crippen LogP contribution is -2.27. The molecule has 0 fully saturated rings. The van der Waals surface area contributed by atoms with E-state index < -0.39 is 0 Å². The average molecular weight is 260 g/mol. The first kappa shape index (κ1) is 12.9. The quantitative estimate of drug-likeness (QED) is 0.877. The number of ether oxygens (including phenoxy) is 1. The van der Waals surface area contributed by atoms with Gasteiger partial charge in [0.1, 0.15) is 5.75 Å². The van der Waals surface area contributed by atoms with Crippen molar-refractivity contribution in [3.05, 3.63) is 35.7 Å². The van der Waals surface area contributed by atoms with Crippen molar-refractivity contribution in [3.63, 3.8) is 0 Å². The van der Waals surface area contributed by atoms with Crippen LogP contribution in [0.25, 0.3) is 0 Å². The Morgan fingerprint density at radius 3 is 2.68 bits per heavy atom. The number of methoxy groups -OCH3 is 1. The van der Waals surface area contributed by atoms with Gasteiger partial charge in [0.2, 0.25) is 0 Å². The number of hydrogen-bond acceptors (Lipinski definition) is 4. The van der Waals surface area contributed by atoms with Crippen LogP contribution in [0, 0.1) is 6.92 Å². The number of nitrogen functional groups attached to an aromatic ring is 1. The summed E-state index contributed by atoms with van der Waals surface area (Å²) in [5.74, 6) is 0.329. The summed E-state index contributed by atoms with van der Waals surface area (Å²) >= 11 is 0. The van der Waals surface area contributed by atoms with Crippen LogP contribution in [0.15, 0.2) is 24.3 Å². The zero-order valence-electron chi connectivity index (χ0n) is 11.1. The normalized spacial score (nSPS) is 10.3. The van der Waals surface area contributed by atoms with Crippen LogP contribution in [-0.2, 0) is 0 Å². The summed E-state index contributed by atoms with van der Waals surface area (Å²) in [6.07, 6.45) is 0. The molecule has 0 atom stereocenters. The lowest BCUT2D eigenvalue weighted by atomic mass is 10.2. The molecule has 3 N–H and O–H groups in total. The molecule has 0 saturated carbocycles. The molecular weight excluding hydrogens is 244 g/mol. The fraction of sp³-hybridized carbons (Fsp3) is 0.231. The number of carbonyl (C=O) groups excluding carboxylic acids is 1. The molecule has 6 nitrogen and oxygen atoms in total. The van der Waals surface area contributed by atoms with Gasteiger partial charge in [0.15, 0.2) is 5.69 Å². The van der Waals surface area contributed by atoms with Crippen LogP contribution in [0.1, 0.15) is 16.2 Å². The lowest BCUT2D eigenvalue weighted by Gasteiger charge is -2.19. The second kappa shape index (κ2) is 5.01. The van der Waals surface area contributed by atoms with E-state index in [1.165, 1.54) is 4.90 Å². The van der Waals surface area contributed by atoms with Crippen LogP contribution < -0.4 is 15.4 Å². The standard InChI is InChI=1S/C13H16N4O2/c1-8-11(14)12(16-15-8)13(18)17(2)9-6-4-5-7-10(9)19-3/h4-7H,14H2,1-3H3,(H,15,16). The number of nitrogens with two attached hydrogens (primary N) is 1. The van der Waals surface area contributed by atoms with Crippen molar-refractivity contribution >= 4 is 17.3 Å². The highest BCUT2D eigenvalue weighted by atomic mass is 16.5. The van der Waals surface area contributed by atoms with Crippen molar-refractivity contribution in [3.8, 4) is 5.75 Å². The number of aryl methyl sites for hydroxylation is 1. The first-order valence-electron chi connectivity index (χ1n) is 5.77. The Hall–Kier alpha value is -2.50. The summed E-state index contributed by atoms with van der Waals surface area (Å²) in [4.78, 5) is 13.8. The molecule has 0 radical (unpaired) electrons. The number of aromatic nitrogens is 2. The minimum atomic E-state index is -0.286. The van der Waals surface area contributed by atoms with E-state index in [4.69, 9.17) is 10.5 Å². The molecule has 1 amide bonds. The highest BCUT2D eigenvalue weighted by Crippen LogP contribution is 2.28. The predicted octanol–water partition coefficient (Wildman–Crippen LogP) is 1.59. The van der Waals surface area contributed by atoms with Crippen molar-refractivity contribution in [2.75, 3.05) is 24.8 Å². The molecule has 0 unspecified atom stereocenters. The molecule has 19 heavy (non-hydrogen) atoms. The molecule has 1 heterocycles. The molecule has 6 heteroatoms. The Kier molecular flexibility index (Phi) is 3.41. The average Bonchev–Trinajstić information content (AvgIpc) is 2.77. The smallest absolute Gasteiger partial charge is 0.280 e. The van der Waals surface area contributed by atoms with E-state index in [0.29, 0.717) is 22.8 Å². The number of nitrogens with zero attached hydrogens (tertiary/aromatic N) is 2. The van der Waals surface area contributed by atoms with Crippen molar-refractivity contribution in [1.29, 1.82) is 0 Å². The zero-order chi connectivity index (χ0) is 14.0. The van der Waals surface area contributed by atoms with Gasteiger partial charge < -0.3 is 15.4 Å². The summed E-state index contributed by atoms with van der Waals surface area (Å²) in [6, 6.07) is 7.26. The second-order valence-corrected chi connectivity index (χ2v) is 4.15. The third-order valence-electron chi connectivity index (χ3n) is 2.95. The van der Waals surface area contributed by atoms with Crippen LogP contribution in [0.2, 0.25) is 0 Å². The van der Waals surface area contributed by atoms with Gasteiger partial charge in [-0.3, -0.25) is 9.89 Å². The van der Waals surface area contributed by atoms with Crippen LogP contribution >= 0.6 is 0 Å². The Labute approximate surface area is 111 Å². The number of amides is 1. The molecule has 2 rings (SSSR count). The Bertz CT molecular complexity index is 606. The lowest BCUT2D eigenvalue weighted by molar-refractivity contribution is 0.0988. The van der Waals surface area contributed by atoms with Gasteiger partial charge in [0, 0.05) is 7.05 Å². The van der Waals surface area contributed by atoms with E-state index in [1.807, 2.05) is 12.1 Å². The molecular formula is C13H16N4O2.